The molecule has 0 saturated heterocycles. The number of aliphatic hydroxyl groups is 1. The highest BCUT2D eigenvalue weighted by Gasteiger charge is 2.29. The second-order valence-electron chi connectivity index (χ2n) is 6.33. The minimum atomic E-state index is -0.689. The summed E-state index contributed by atoms with van der Waals surface area (Å²) in [5, 5.41) is 17.1. The van der Waals surface area contributed by atoms with Gasteiger partial charge in [-0.2, -0.15) is 11.8 Å². The zero-order chi connectivity index (χ0) is 14.4. The van der Waals surface area contributed by atoms with Crippen LogP contribution in [0.25, 0.3) is 0 Å². The molecule has 0 bridgehead atoms. The molecule has 2 unspecified atom stereocenters. The molecule has 0 aliphatic heterocycles. The molecule has 2 saturated carbocycles. The van der Waals surface area contributed by atoms with Crippen molar-refractivity contribution in [3.05, 3.63) is 0 Å². The van der Waals surface area contributed by atoms with Gasteiger partial charge in [0.05, 0.1) is 5.60 Å². The highest BCUT2D eigenvalue weighted by Crippen LogP contribution is 2.28. The van der Waals surface area contributed by atoms with E-state index in [1.165, 1.54) is 19.3 Å². The van der Waals surface area contributed by atoms with E-state index in [4.69, 9.17) is 0 Å². The normalized spacial score (nSPS) is 29.7. The van der Waals surface area contributed by atoms with Crippen LogP contribution in [0.5, 0.6) is 0 Å². The summed E-state index contributed by atoms with van der Waals surface area (Å²) in [5.41, 5.74) is -0.689. The van der Waals surface area contributed by atoms with E-state index in [9.17, 15) is 9.90 Å². The Kier molecular flexibility index (Phi) is 6.02. The van der Waals surface area contributed by atoms with E-state index >= 15 is 0 Å². The molecule has 2 amide bonds. The van der Waals surface area contributed by atoms with Crippen LogP contribution in [-0.2, 0) is 0 Å². The van der Waals surface area contributed by atoms with E-state index in [1.807, 2.05) is 11.8 Å². The summed E-state index contributed by atoms with van der Waals surface area (Å²) < 4.78 is 0. The molecule has 3 N–H and O–H groups in total. The smallest absolute Gasteiger partial charge is 0.315 e. The van der Waals surface area contributed by atoms with E-state index in [2.05, 4.69) is 16.9 Å². The van der Waals surface area contributed by atoms with Crippen LogP contribution < -0.4 is 10.6 Å². The van der Waals surface area contributed by atoms with Crippen molar-refractivity contribution in [2.24, 2.45) is 0 Å². The third kappa shape index (κ3) is 4.85. The lowest BCUT2D eigenvalue weighted by Crippen LogP contribution is -2.48. The first kappa shape index (κ1) is 16.0. The molecule has 2 aliphatic carbocycles. The van der Waals surface area contributed by atoms with Crippen LogP contribution >= 0.6 is 11.8 Å². The highest BCUT2D eigenvalue weighted by atomic mass is 32.2. The molecule has 0 spiro atoms. The van der Waals surface area contributed by atoms with Crippen molar-refractivity contribution in [1.82, 2.24) is 10.6 Å². The van der Waals surface area contributed by atoms with Gasteiger partial charge in [0, 0.05) is 17.8 Å². The molecule has 5 heteroatoms. The minimum Gasteiger partial charge on any atom is -0.388 e. The molecule has 0 heterocycles. The van der Waals surface area contributed by atoms with Gasteiger partial charge in [-0.25, -0.2) is 4.79 Å². The fourth-order valence-corrected chi connectivity index (χ4v) is 4.13. The fourth-order valence-electron chi connectivity index (χ4n) is 3.33. The van der Waals surface area contributed by atoms with Crippen molar-refractivity contribution < 1.29 is 9.90 Å². The molecule has 0 aromatic rings. The van der Waals surface area contributed by atoms with Crippen molar-refractivity contribution in [2.45, 2.75) is 74.7 Å². The van der Waals surface area contributed by atoms with Crippen LogP contribution in [0.1, 0.15) is 57.8 Å². The number of rotatable bonds is 4. The summed E-state index contributed by atoms with van der Waals surface area (Å²) in [7, 11) is 0. The first-order chi connectivity index (χ1) is 9.61. The second-order valence-corrected chi connectivity index (χ2v) is 7.47. The van der Waals surface area contributed by atoms with Crippen molar-refractivity contribution in [1.29, 1.82) is 0 Å². The zero-order valence-corrected chi connectivity index (χ0v) is 13.3. The Hall–Kier alpha value is -0.420. The maximum atomic E-state index is 11.9. The van der Waals surface area contributed by atoms with Gasteiger partial charge in [-0.05, 0) is 38.4 Å². The number of thioether (sulfide) groups is 1. The van der Waals surface area contributed by atoms with Gasteiger partial charge in [0.2, 0.25) is 0 Å². The summed E-state index contributed by atoms with van der Waals surface area (Å²) in [6.45, 7) is 0.386. The minimum absolute atomic E-state index is 0.116. The molecule has 2 atom stereocenters. The van der Waals surface area contributed by atoms with Gasteiger partial charge in [0.25, 0.3) is 0 Å². The van der Waals surface area contributed by atoms with Gasteiger partial charge in [-0.1, -0.05) is 25.7 Å². The Labute approximate surface area is 126 Å². The molecule has 0 aromatic heterocycles. The molecule has 116 valence electrons. The SMILES string of the molecule is CSC1CCC(NC(=O)NCC2(O)CCCCCC2)C1. The maximum Gasteiger partial charge on any atom is 0.315 e. The quantitative estimate of drug-likeness (QED) is 0.700. The van der Waals surface area contributed by atoms with Crippen LogP contribution in [0, 0.1) is 0 Å². The molecular formula is C15H28N2O2S. The van der Waals surface area contributed by atoms with Gasteiger partial charge >= 0.3 is 6.03 Å². The standard InChI is InChI=1S/C15H28N2O2S/c1-20-13-7-6-12(10-13)17-14(18)16-11-15(19)8-4-2-3-5-9-15/h12-13,19H,2-11H2,1H3,(H2,16,17,18). The monoisotopic (exact) mass is 300 g/mol. The number of nitrogens with one attached hydrogen (secondary N) is 2. The summed E-state index contributed by atoms with van der Waals surface area (Å²) in [6, 6.07) is 0.186. The molecule has 2 rings (SSSR count). The van der Waals surface area contributed by atoms with Gasteiger partial charge in [0.1, 0.15) is 0 Å². The van der Waals surface area contributed by atoms with Crippen molar-refractivity contribution in [2.75, 3.05) is 12.8 Å². The average Bonchev–Trinajstić information content (AvgIpc) is 2.77. The first-order valence-corrected chi connectivity index (χ1v) is 9.20. The zero-order valence-electron chi connectivity index (χ0n) is 12.5. The molecule has 2 aliphatic rings. The lowest BCUT2D eigenvalue weighted by molar-refractivity contribution is 0.0276. The number of hydrogen-bond acceptors (Lipinski definition) is 3. The lowest BCUT2D eigenvalue weighted by Gasteiger charge is -2.27. The van der Waals surface area contributed by atoms with Crippen LogP contribution in [-0.4, -0.2) is 40.8 Å². The average molecular weight is 300 g/mol. The van der Waals surface area contributed by atoms with Gasteiger partial charge in [-0.15, -0.1) is 0 Å². The molecule has 20 heavy (non-hydrogen) atoms. The molecular weight excluding hydrogens is 272 g/mol. The number of amides is 2. The third-order valence-corrected chi connectivity index (χ3v) is 5.76. The first-order valence-electron chi connectivity index (χ1n) is 7.91. The highest BCUT2D eigenvalue weighted by molar-refractivity contribution is 7.99. The van der Waals surface area contributed by atoms with Crippen LogP contribution in [0.3, 0.4) is 0 Å². The van der Waals surface area contributed by atoms with Crippen LogP contribution in [0.15, 0.2) is 0 Å². The van der Waals surface area contributed by atoms with Gasteiger partial charge in [-0.3, -0.25) is 0 Å². The summed E-state index contributed by atoms with van der Waals surface area (Å²) in [4.78, 5) is 11.9. The Morgan fingerprint density at radius 3 is 2.55 bits per heavy atom. The van der Waals surface area contributed by atoms with Crippen LogP contribution in [0.2, 0.25) is 0 Å². The summed E-state index contributed by atoms with van der Waals surface area (Å²) in [6.07, 6.45) is 11.6. The summed E-state index contributed by atoms with van der Waals surface area (Å²) >= 11 is 1.89. The van der Waals surface area contributed by atoms with Crippen LogP contribution in [0.4, 0.5) is 4.79 Å². The molecule has 0 radical (unpaired) electrons. The van der Waals surface area contributed by atoms with Crippen molar-refractivity contribution in [3.8, 4) is 0 Å². The van der Waals surface area contributed by atoms with E-state index in [0.29, 0.717) is 17.8 Å². The van der Waals surface area contributed by atoms with Crippen molar-refractivity contribution in [3.63, 3.8) is 0 Å². The molecule has 4 nitrogen and oxygen atoms in total. The predicted octanol–water partition coefficient (Wildman–Crippen LogP) is 2.66. The number of hydrogen-bond donors (Lipinski definition) is 3. The molecule has 0 aromatic carbocycles. The van der Waals surface area contributed by atoms with E-state index < -0.39 is 5.60 Å². The van der Waals surface area contributed by atoms with E-state index in [0.717, 1.165) is 38.5 Å². The maximum absolute atomic E-state index is 11.9. The third-order valence-electron chi connectivity index (χ3n) is 4.67. The number of carbonyl (C=O) groups excluding carboxylic acids is 1. The molecule has 2 fully saturated rings. The van der Waals surface area contributed by atoms with Crippen molar-refractivity contribution >= 4 is 17.8 Å². The summed E-state index contributed by atoms with van der Waals surface area (Å²) in [5.74, 6) is 0. The number of carbonyl (C=O) groups is 1. The van der Waals surface area contributed by atoms with E-state index in [-0.39, 0.29) is 6.03 Å². The topological polar surface area (TPSA) is 61.4 Å². The lowest BCUT2D eigenvalue weighted by atomic mass is 9.94. The Balaban J connectivity index is 1.69. The number of urea groups is 1. The predicted molar refractivity (Wildman–Crippen MR) is 84.1 cm³/mol. The second kappa shape index (κ2) is 7.55. The Morgan fingerprint density at radius 1 is 1.25 bits per heavy atom. The Bertz CT molecular complexity index is 317. The largest absolute Gasteiger partial charge is 0.388 e. The van der Waals surface area contributed by atoms with E-state index in [1.54, 1.807) is 0 Å². The van der Waals surface area contributed by atoms with Gasteiger partial charge < -0.3 is 15.7 Å². The Morgan fingerprint density at radius 2 is 1.95 bits per heavy atom. The fraction of sp³-hybridized carbons (Fsp3) is 0.933. The van der Waals surface area contributed by atoms with Gasteiger partial charge in [0.15, 0.2) is 0 Å².